The summed E-state index contributed by atoms with van der Waals surface area (Å²) in [5.74, 6) is 0.541. The SMILES string of the molecule is CC1(C)CC(=O)c2c(Cl)cc(C3CCOCC3)nc2C1. The molecule has 0 spiro atoms. The molecule has 0 amide bonds. The molecule has 0 atom stereocenters. The van der Waals surface area contributed by atoms with Crippen molar-refractivity contribution in [3.63, 3.8) is 0 Å². The molecule has 3 rings (SSSR count). The molecule has 1 aromatic rings. The van der Waals surface area contributed by atoms with Crippen LogP contribution in [0.1, 0.15) is 60.8 Å². The van der Waals surface area contributed by atoms with Gasteiger partial charge in [0.1, 0.15) is 0 Å². The summed E-state index contributed by atoms with van der Waals surface area (Å²) in [6.45, 7) is 5.80. The van der Waals surface area contributed by atoms with Gasteiger partial charge >= 0.3 is 0 Å². The van der Waals surface area contributed by atoms with Crippen molar-refractivity contribution in [1.82, 2.24) is 4.98 Å². The van der Waals surface area contributed by atoms with Crippen molar-refractivity contribution in [2.45, 2.75) is 45.4 Å². The molecule has 2 heterocycles. The van der Waals surface area contributed by atoms with Crippen molar-refractivity contribution in [2.24, 2.45) is 5.41 Å². The lowest BCUT2D eigenvalue weighted by atomic mass is 9.75. The van der Waals surface area contributed by atoms with Crippen LogP contribution < -0.4 is 0 Å². The fourth-order valence-electron chi connectivity index (χ4n) is 3.25. The molecule has 0 saturated carbocycles. The summed E-state index contributed by atoms with van der Waals surface area (Å²) in [5.41, 5.74) is 2.55. The van der Waals surface area contributed by atoms with Gasteiger partial charge in [-0.25, -0.2) is 0 Å². The molecule has 0 aromatic carbocycles. The first-order valence-corrected chi connectivity index (χ1v) is 7.64. The Morgan fingerprint density at radius 3 is 2.70 bits per heavy atom. The molecule has 0 unspecified atom stereocenters. The van der Waals surface area contributed by atoms with Gasteiger partial charge in [-0.2, -0.15) is 0 Å². The Hall–Kier alpha value is -0.930. The van der Waals surface area contributed by atoms with E-state index in [0.717, 1.165) is 43.9 Å². The number of pyridine rings is 1. The molecule has 108 valence electrons. The van der Waals surface area contributed by atoms with Crippen LogP contribution >= 0.6 is 11.6 Å². The Labute approximate surface area is 124 Å². The zero-order valence-electron chi connectivity index (χ0n) is 12.0. The molecular formula is C16H20ClNO2. The Morgan fingerprint density at radius 1 is 1.30 bits per heavy atom. The smallest absolute Gasteiger partial charge is 0.166 e. The third-order valence-corrected chi connectivity index (χ3v) is 4.57. The number of carbonyl (C=O) groups is 1. The monoisotopic (exact) mass is 293 g/mol. The highest BCUT2D eigenvalue weighted by molar-refractivity contribution is 6.34. The molecule has 20 heavy (non-hydrogen) atoms. The van der Waals surface area contributed by atoms with Gasteiger partial charge in [0.05, 0.1) is 16.3 Å². The second kappa shape index (κ2) is 5.12. The average molecular weight is 294 g/mol. The lowest BCUT2D eigenvalue weighted by Crippen LogP contribution is -2.29. The van der Waals surface area contributed by atoms with Crippen LogP contribution in [0, 0.1) is 5.41 Å². The quantitative estimate of drug-likeness (QED) is 0.791. The van der Waals surface area contributed by atoms with E-state index in [-0.39, 0.29) is 11.2 Å². The Morgan fingerprint density at radius 2 is 2.00 bits per heavy atom. The first-order valence-electron chi connectivity index (χ1n) is 7.26. The van der Waals surface area contributed by atoms with Crippen LogP contribution in [-0.4, -0.2) is 24.0 Å². The van der Waals surface area contributed by atoms with Crippen LogP contribution in [0.3, 0.4) is 0 Å². The van der Waals surface area contributed by atoms with Gasteiger partial charge in [-0.05, 0) is 30.7 Å². The highest BCUT2D eigenvalue weighted by Gasteiger charge is 2.34. The number of fused-ring (bicyclic) bond motifs is 1. The number of nitrogens with zero attached hydrogens (tertiary/aromatic N) is 1. The van der Waals surface area contributed by atoms with E-state index in [9.17, 15) is 4.79 Å². The highest BCUT2D eigenvalue weighted by atomic mass is 35.5. The predicted octanol–water partition coefficient (Wildman–Crippen LogP) is 3.78. The first-order chi connectivity index (χ1) is 9.46. The standard InChI is InChI=1S/C16H20ClNO2/c1-16(2)8-13-15(14(19)9-16)11(17)7-12(18-13)10-3-5-20-6-4-10/h7,10H,3-6,8-9H2,1-2H3. The minimum Gasteiger partial charge on any atom is -0.381 e. The number of Topliss-reactive ketones (excluding diaryl/α,β-unsaturated/α-hetero) is 1. The third-order valence-electron chi connectivity index (χ3n) is 4.27. The fraction of sp³-hybridized carbons (Fsp3) is 0.625. The normalized spacial score (nSPS) is 22.6. The van der Waals surface area contributed by atoms with Crippen LogP contribution in [0.25, 0.3) is 0 Å². The lowest BCUT2D eigenvalue weighted by Gasteiger charge is -2.31. The highest BCUT2D eigenvalue weighted by Crippen LogP contribution is 2.38. The number of hydrogen-bond acceptors (Lipinski definition) is 3. The summed E-state index contributed by atoms with van der Waals surface area (Å²) in [6.07, 6.45) is 3.35. The molecule has 1 aliphatic carbocycles. The topological polar surface area (TPSA) is 39.2 Å². The van der Waals surface area contributed by atoms with E-state index in [2.05, 4.69) is 13.8 Å². The van der Waals surface area contributed by atoms with E-state index in [4.69, 9.17) is 21.3 Å². The molecule has 0 bridgehead atoms. The van der Waals surface area contributed by atoms with Crippen molar-refractivity contribution < 1.29 is 9.53 Å². The minimum atomic E-state index is -0.0191. The van der Waals surface area contributed by atoms with Crippen LogP contribution in [0.4, 0.5) is 0 Å². The first kappa shape index (κ1) is 14.0. The van der Waals surface area contributed by atoms with Gasteiger partial charge in [0.15, 0.2) is 5.78 Å². The van der Waals surface area contributed by atoms with Crippen molar-refractivity contribution in [3.05, 3.63) is 28.0 Å². The summed E-state index contributed by atoms with van der Waals surface area (Å²) in [7, 11) is 0. The van der Waals surface area contributed by atoms with E-state index < -0.39 is 0 Å². The summed E-state index contributed by atoms with van der Waals surface area (Å²) in [5, 5.41) is 0.581. The zero-order valence-corrected chi connectivity index (χ0v) is 12.8. The molecule has 3 nitrogen and oxygen atoms in total. The maximum absolute atomic E-state index is 12.3. The van der Waals surface area contributed by atoms with E-state index in [1.54, 1.807) is 0 Å². The second-order valence-electron chi connectivity index (χ2n) is 6.68. The van der Waals surface area contributed by atoms with E-state index in [0.29, 0.717) is 22.9 Å². The van der Waals surface area contributed by atoms with Gasteiger partial charge < -0.3 is 4.74 Å². The average Bonchev–Trinajstić information content (AvgIpc) is 2.37. The van der Waals surface area contributed by atoms with E-state index in [1.807, 2.05) is 6.07 Å². The molecule has 1 fully saturated rings. The third kappa shape index (κ3) is 2.61. The van der Waals surface area contributed by atoms with Crippen molar-refractivity contribution in [2.75, 3.05) is 13.2 Å². The van der Waals surface area contributed by atoms with Gasteiger partial charge in [-0.15, -0.1) is 0 Å². The molecule has 0 N–H and O–H groups in total. The second-order valence-corrected chi connectivity index (χ2v) is 7.09. The van der Waals surface area contributed by atoms with Crippen LogP contribution in [0.5, 0.6) is 0 Å². The summed E-state index contributed by atoms with van der Waals surface area (Å²) >= 11 is 6.36. The number of ketones is 1. The molecule has 1 aromatic heterocycles. The summed E-state index contributed by atoms with van der Waals surface area (Å²) in [6, 6.07) is 1.90. The molecule has 1 saturated heterocycles. The molecule has 2 aliphatic rings. The molecule has 4 heteroatoms. The van der Waals surface area contributed by atoms with Crippen molar-refractivity contribution >= 4 is 17.4 Å². The molecule has 0 radical (unpaired) electrons. The number of carbonyl (C=O) groups excluding carboxylic acids is 1. The molecule has 1 aliphatic heterocycles. The molecular weight excluding hydrogens is 274 g/mol. The van der Waals surface area contributed by atoms with Crippen molar-refractivity contribution in [1.29, 1.82) is 0 Å². The van der Waals surface area contributed by atoms with Crippen LogP contribution in [0.15, 0.2) is 6.07 Å². The number of rotatable bonds is 1. The summed E-state index contributed by atoms with van der Waals surface area (Å²) in [4.78, 5) is 17.0. The maximum atomic E-state index is 12.3. The van der Waals surface area contributed by atoms with Gasteiger partial charge in [0, 0.05) is 31.2 Å². The van der Waals surface area contributed by atoms with Gasteiger partial charge in [0.2, 0.25) is 0 Å². The van der Waals surface area contributed by atoms with Gasteiger partial charge in [-0.3, -0.25) is 9.78 Å². The Bertz CT molecular complexity index is 548. The number of aromatic nitrogens is 1. The minimum absolute atomic E-state index is 0.0191. The zero-order chi connectivity index (χ0) is 14.3. The maximum Gasteiger partial charge on any atom is 0.166 e. The Kier molecular flexibility index (Phi) is 3.59. The predicted molar refractivity (Wildman–Crippen MR) is 78.5 cm³/mol. The van der Waals surface area contributed by atoms with Gasteiger partial charge in [0.25, 0.3) is 0 Å². The summed E-state index contributed by atoms with van der Waals surface area (Å²) < 4.78 is 5.40. The van der Waals surface area contributed by atoms with Crippen LogP contribution in [-0.2, 0) is 11.2 Å². The van der Waals surface area contributed by atoms with Crippen LogP contribution in [0.2, 0.25) is 5.02 Å². The number of hydrogen-bond donors (Lipinski definition) is 0. The lowest BCUT2D eigenvalue weighted by molar-refractivity contribution is 0.0841. The van der Waals surface area contributed by atoms with E-state index >= 15 is 0 Å². The van der Waals surface area contributed by atoms with Crippen molar-refractivity contribution in [3.8, 4) is 0 Å². The Balaban J connectivity index is 2.00. The van der Waals surface area contributed by atoms with E-state index in [1.165, 1.54) is 0 Å². The number of ether oxygens (including phenoxy) is 1. The van der Waals surface area contributed by atoms with Gasteiger partial charge in [-0.1, -0.05) is 25.4 Å². The largest absolute Gasteiger partial charge is 0.381 e. The number of halogens is 1. The fourth-order valence-corrected chi connectivity index (χ4v) is 3.57.